The molecule has 2 aliphatic rings. The molecule has 1 amide bonds. The minimum Gasteiger partial charge on any atom is -0.379 e. The second-order valence-electron chi connectivity index (χ2n) is 5.73. The second-order valence-corrected chi connectivity index (χ2v) is 5.73. The van der Waals surface area contributed by atoms with Crippen LogP contribution in [0.3, 0.4) is 0 Å². The van der Waals surface area contributed by atoms with Crippen molar-refractivity contribution in [3.05, 3.63) is 0 Å². The lowest BCUT2D eigenvalue weighted by atomic mass is 9.98. The molecule has 0 aromatic rings. The molecule has 0 spiro atoms. The first-order valence-corrected chi connectivity index (χ1v) is 7.91. The first-order valence-electron chi connectivity index (χ1n) is 7.91. The van der Waals surface area contributed by atoms with Crippen molar-refractivity contribution in [3.8, 4) is 0 Å². The lowest BCUT2D eigenvalue weighted by Crippen LogP contribution is -2.46. The number of morpholine rings is 1. The summed E-state index contributed by atoms with van der Waals surface area (Å²) >= 11 is 0. The number of rotatable bonds is 5. The molecule has 0 aliphatic carbocycles. The van der Waals surface area contributed by atoms with E-state index in [1.807, 2.05) is 0 Å². The number of likely N-dealkylation sites (tertiary alicyclic amines) is 1. The monoisotopic (exact) mass is 268 g/mol. The van der Waals surface area contributed by atoms with Gasteiger partial charge in [0.2, 0.25) is 5.91 Å². The summed E-state index contributed by atoms with van der Waals surface area (Å²) in [6.07, 6.45) is 6.47. The highest BCUT2D eigenvalue weighted by molar-refractivity contribution is 5.76. The number of amides is 1. The van der Waals surface area contributed by atoms with E-state index in [0.717, 1.165) is 52.2 Å². The standard InChI is InChI=1S/C15H28N2O2/c1-2-5-15(18)17-8-4-3-6-14(17)7-9-16-10-12-19-13-11-16/h14H,2-13H2,1H3/t14-/m0/s1. The van der Waals surface area contributed by atoms with E-state index in [1.165, 1.54) is 19.3 Å². The van der Waals surface area contributed by atoms with Crippen LogP contribution in [-0.4, -0.2) is 61.1 Å². The fraction of sp³-hybridized carbons (Fsp3) is 0.933. The molecule has 19 heavy (non-hydrogen) atoms. The Labute approximate surface area is 117 Å². The van der Waals surface area contributed by atoms with Gasteiger partial charge in [-0.25, -0.2) is 0 Å². The van der Waals surface area contributed by atoms with Gasteiger partial charge in [0.05, 0.1) is 13.2 Å². The molecule has 0 aromatic heterocycles. The average molecular weight is 268 g/mol. The van der Waals surface area contributed by atoms with E-state index in [2.05, 4.69) is 16.7 Å². The van der Waals surface area contributed by atoms with Gasteiger partial charge in [-0.15, -0.1) is 0 Å². The third kappa shape index (κ3) is 4.46. The number of hydrogen-bond acceptors (Lipinski definition) is 3. The fourth-order valence-electron chi connectivity index (χ4n) is 3.14. The third-order valence-electron chi connectivity index (χ3n) is 4.29. The second kappa shape index (κ2) is 7.85. The Morgan fingerprint density at radius 3 is 2.74 bits per heavy atom. The molecule has 4 heteroatoms. The Hall–Kier alpha value is -0.610. The van der Waals surface area contributed by atoms with Crippen LogP contribution in [-0.2, 0) is 9.53 Å². The molecule has 0 radical (unpaired) electrons. The highest BCUT2D eigenvalue weighted by Gasteiger charge is 2.26. The molecule has 110 valence electrons. The van der Waals surface area contributed by atoms with E-state index in [4.69, 9.17) is 4.74 Å². The maximum atomic E-state index is 12.2. The maximum absolute atomic E-state index is 12.2. The van der Waals surface area contributed by atoms with Crippen LogP contribution in [0.4, 0.5) is 0 Å². The van der Waals surface area contributed by atoms with Crippen molar-refractivity contribution >= 4 is 5.91 Å². The van der Waals surface area contributed by atoms with Crippen LogP contribution in [0.15, 0.2) is 0 Å². The summed E-state index contributed by atoms with van der Waals surface area (Å²) in [5.41, 5.74) is 0. The summed E-state index contributed by atoms with van der Waals surface area (Å²) in [6.45, 7) is 8.01. The van der Waals surface area contributed by atoms with Gasteiger partial charge in [0, 0.05) is 38.6 Å². The van der Waals surface area contributed by atoms with Crippen molar-refractivity contribution < 1.29 is 9.53 Å². The first kappa shape index (κ1) is 14.8. The number of hydrogen-bond donors (Lipinski definition) is 0. The van der Waals surface area contributed by atoms with E-state index >= 15 is 0 Å². The van der Waals surface area contributed by atoms with Crippen molar-refractivity contribution in [1.29, 1.82) is 0 Å². The van der Waals surface area contributed by atoms with Gasteiger partial charge >= 0.3 is 0 Å². The zero-order chi connectivity index (χ0) is 13.5. The van der Waals surface area contributed by atoms with Gasteiger partial charge in [-0.2, -0.15) is 0 Å². The van der Waals surface area contributed by atoms with E-state index < -0.39 is 0 Å². The van der Waals surface area contributed by atoms with Crippen molar-refractivity contribution in [2.75, 3.05) is 39.4 Å². The van der Waals surface area contributed by atoms with Crippen LogP contribution >= 0.6 is 0 Å². The molecule has 2 saturated heterocycles. The molecule has 0 bridgehead atoms. The summed E-state index contributed by atoms with van der Waals surface area (Å²) in [5, 5.41) is 0. The number of carbonyl (C=O) groups excluding carboxylic acids is 1. The third-order valence-corrected chi connectivity index (χ3v) is 4.29. The number of ether oxygens (including phenoxy) is 1. The van der Waals surface area contributed by atoms with Gasteiger partial charge in [-0.05, 0) is 32.1 Å². The summed E-state index contributed by atoms with van der Waals surface area (Å²) in [7, 11) is 0. The highest BCUT2D eigenvalue weighted by atomic mass is 16.5. The molecule has 0 unspecified atom stereocenters. The minimum absolute atomic E-state index is 0.370. The molecule has 2 heterocycles. The summed E-state index contributed by atoms with van der Waals surface area (Å²) in [4.78, 5) is 16.8. The first-order chi connectivity index (χ1) is 9.31. The molecule has 0 N–H and O–H groups in total. The van der Waals surface area contributed by atoms with Crippen LogP contribution in [0.1, 0.15) is 45.4 Å². The summed E-state index contributed by atoms with van der Waals surface area (Å²) in [5.74, 6) is 0.370. The Morgan fingerprint density at radius 2 is 2.00 bits per heavy atom. The van der Waals surface area contributed by atoms with Crippen LogP contribution in [0.25, 0.3) is 0 Å². The molecular weight excluding hydrogens is 240 g/mol. The van der Waals surface area contributed by atoms with Gasteiger partial charge in [-0.1, -0.05) is 6.92 Å². The zero-order valence-electron chi connectivity index (χ0n) is 12.3. The number of carbonyl (C=O) groups is 1. The Morgan fingerprint density at radius 1 is 1.21 bits per heavy atom. The largest absolute Gasteiger partial charge is 0.379 e. The van der Waals surface area contributed by atoms with Crippen LogP contribution < -0.4 is 0 Å². The van der Waals surface area contributed by atoms with E-state index in [-0.39, 0.29) is 0 Å². The summed E-state index contributed by atoms with van der Waals surface area (Å²) in [6, 6.07) is 0.482. The van der Waals surface area contributed by atoms with Crippen molar-refractivity contribution in [3.63, 3.8) is 0 Å². The Kier molecular flexibility index (Phi) is 6.11. The predicted molar refractivity (Wildman–Crippen MR) is 76.1 cm³/mol. The lowest BCUT2D eigenvalue weighted by molar-refractivity contribution is -0.135. The number of piperidine rings is 1. The minimum atomic E-state index is 0.370. The molecule has 2 aliphatic heterocycles. The molecule has 0 saturated carbocycles. The quantitative estimate of drug-likeness (QED) is 0.763. The molecular formula is C15H28N2O2. The normalized spacial score (nSPS) is 25.5. The van der Waals surface area contributed by atoms with Crippen LogP contribution in [0.5, 0.6) is 0 Å². The van der Waals surface area contributed by atoms with Crippen molar-refractivity contribution in [1.82, 2.24) is 9.80 Å². The summed E-state index contributed by atoms with van der Waals surface area (Å²) < 4.78 is 5.38. The topological polar surface area (TPSA) is 32.8 Å². The van der Waals surface area contributed by atoms with Crippen LogP contribution in [0.2, 0.25) is 0 Å². The molecule has 2 rings (SSSR count). The van der Waals surface area contributed by atoms with Gasteiger partial charge in [0.1, 0.15) is 0 Å². The predicted octanol–water partition coefficient (Wildman–Crippen LogP) is 1.89. The lowest BCUT2D eigenvalue weighted by Gasteiger charge is -2.37. The Balaban J connectivity index is 1.79. The van der Waals surface area contributed by atoms with Gasteiger partial charge < -0.3 is 9.64 Å². The van der Waals surface area contributed by atoms with E-state index in [0.29, 0.717) is 18.4 Å². The SMILES string of the molecule is CCCC(=O)N1CCCC[C@H]1CCN1CCOCC1. The van der Waals surface area contributed by atoms with Crippen molar-refractivity contribution in [2.45, 2.75) is 51.5 Å². The maximum Gasteiger partial charge on any atom is 0.222 e. The molecule has 1 atom stereocenters. The molecule has 0 aromatic carbocycles. The van der Waals surface area contributed by atoms with Gasteiger partial charge in [-0.3, -0.25) is 9.69 Å². The fourth-order valence-corrected chi connectivity index (χ4v) is 3.14. The van der Waals surface area contributed by atoms with Gasteiger partial charge in [0.25, 0.3) is 0 Å². The van der Waals surface area contributed by atoms with Gasteiger partial charge in [0.15, 0.2) is 0 Å². The highest BCUT2D eigenvalue weighted by Crippen LogP contribution is 2.21. The molecule has 2 fully saturated rings. The smallest absolute Gasteiger partial charge is 0.222 e. The van der Waals surface area contributed by atoms with E-state index in [9.17, 15) is 4.79 Å². The average Bonchev–Trinajstić information content (AvgIpc) is 2.47. The van der Waals surface area contributed by atoms with Crippen molar-refractivity contribution in [2.24, 2.45) is 0 Å². The Bertz CT molecular complexity index is 277. The zero-order valence-corrected chi connectivity index (χ0v) is 12.3. The van der Waals surface area contributed by atoms with E-state index in [1.54, 1.807) is 0 Å². The number of nitrogens with zero attached hydrogens (tertiary/aromatic N) is 2. The van der Waals surface area contributed by atoms with Crippen LogP contribution in [0, 0.1) is 0 Å². The molecule has 4 nitrogen and oxygen atoms in total.